The maximum atomic E-state index is 9.58. The minimum atomic E-state index is 0.254. The van der Waals surface area contributed by atoms with Crippen LogP contribution in [0.15, 0.2) is 30.3 Å². The monoisotopic (exact) mass is 247 g/mol. The van der Waals surface area contributed by atoms with E-state index in [1.165, 1.54) is 31.2 Å². The van der Waals surface area contributed by atoms with Crippen LogP contribution in [0.25, 0.3) is 0 Å². The molecule has 2 heteroatoms. The van der Waals surface area contributed by atoms with Crippen LogP contribution in [0.3, 0.4) is 0 Å². The molecule has 1 aliphatic carbocycles. The van der Waals surface area contributed by atoms with Crippen LogP contribution in [-0.2, 0) is 6.54 Å². The van der Waals surface area contributed by atoms with E-state index in [0.29, 0.717) is 5.92 Å². The van der Waals surface area contributed by atoms with Crippen LogP contribution in [0.1, 0.15) is 38.2 Å². The second kappa shape index (κ2) is 6.91. The number of hydrogen-bond donors (Lipinski definition) is 2. The summed E-state index contributed by atoms with van der Waals surface area (Å²) in [6.45, 7) is 3.44. The van der Waals surface area contributed by atoms with Gasteiger partial charge in [0.15, 0.2) is 0 Å². The van der Waals surface area contributed by atoms with E-state index in [-0.39, 0.29) is 12.6 Å². The largest absolute Gasteiger partial charge is 0.395 e. The molecule has 0 aliphatic heterocycles. The first-order valence-electron chi connectivity index (χ1n) is 7.17. The van der Waals surface area contributed by atoms with E-state index in [4.69, 9.17) is 0 Å². The lowest BCUT2D eigenvalue weighted by molar-refractivity contribution is 0.152. The zero-order valence-corrected chi connectivity index (χ0v) is 11.3. The maximum Gasteiger partial charge on any atom is 0.0587 e. The first-order valence-corrected chi connectivity index (χ1v) is 7.17. The Hall–Kier alpha value is -0.860. The molecular weight excluding hydrogens is 222 g/mol. The molecule has 3 atom stereocenters. The van der Waals surface area contributed by atoms with Crippen molar-refractivity contribution in [2.75, 3.05) is 6.61 Å². The van der Waals surface area contributed by atoms with Gasteiger partial charge in [-0.1, -0.05) is 50.1 Å². The molecule has 0 amide bonds. The van der Waals surface area contributed by atoms with Crippen LogP contribution in [0.5, 0.6) is 0 Å². The van der Waals surface area contributed by atoms with E-state index < -0.39 is 0 Å². The van der Waals surface area contributed by atoms with Gasteiger partial charge in [0.25, 0.3) is 0 Å². The number of aliphatic hydroxyl groups excluding tert-OH is 1. The summed E-state index contributed by atoms with van der Waals surface area (Å²) in [7, 11) is 0. The van der Waals surface area contributed by atoms with Crippen LogP contribution >= 0.6 is 0 Å². The van der Waals surface area contributed by atoms with Crippen LogP contribution in [0.2, 0.25) is 0 Å². The zero-order valence-electron chi connectivity index (χ0n) is 11.3. The van der Waals surface area contributed by atoms with Crippen LogP contribution < -0.4 is 5.32 Å². The van der Waals surface area contributed by atoms with E-state index in [0.717, 1.165) is 12.5 Å². The Labute approximate surface area is 110 Å². The summed E-state index contributed by atoms with van der Waals surface area (Å²) in [6, 6.07) is 10.7. The molecule has 1 aliphatic rings. The summed E-state index contributed by atoms with van der Waals surface area (Å²) < 4.78 is 0. The minimum absolute atomic E-state index is 0.254. The highest BCUT2D eigenvalue weighted by molar-refractivity contribution is 5.14. The molecule has 0 spiro atoms. The summed E-state index contributed by atoms with van der Waals surface area (Å²) in [5, 5.41) is 13.1. The lowest BCUT2D eigenvalue weighted by atomic mass is 9.78. The van der Waals surface area contributed by atoms with Crippen molar-refractivity contribution in [2.24, 2.45) is 11.8 Å². The van der Waals surface area contributed by atoms with Gasteiger partial charge in [0, 0.05) is 12.6 Å². The van der Waals surface area contributed by atoms with Gasteiger partial charge in [-0.05, 0) is 30.2 Å². The molecular formula is C16H25NO. The standard InChI is InChI=1S/C16H25NO/c1-13-6-5-9-15(10-13)16(12-18)17-11-14-7-3-2-4-8-14/h2-4,7-8,13,15-18H,5-6,9-12H2,1H3. The lowest BCUT2D eigenvalue weighted by Crippen LogP contribution is -2.40. The fourth-order valence-corrected chi connectivity index (χ4v) is 3.07. The Morgan fingerprint density at radius 3 is 2.72 bits per heavy atom. The third-order valence-electron chi connectivity index (χ3n) is 4.15. The maximum absolute atomic E-state index is 9.58. The van der Waals surface area contributed by atoms with E-state index in [2.05, 4.69) is 36.5 Å². The molecule has 2 N–H and O–H groups in total. The van der Waals surface area contributed by atoms with Crippen molar-refractivity contribution in [1.82, 2.24) is 5.32 Å². The van der Waals surface area contributed by atoms with Gasteiger partial charge in [-0.2, -0.15) is 0 Å². The second-order valence-electron chi connectivity index (χ2n) is 5.69. The Kier molecular flexibility index (Phi) is 5.21. The summed E-state index contributed by atoms with van der Waals surface area (Å²) >= 11 is 0. The average Bonchev–Trinajstić information content (AvgIpc) is 2.41. The average molecular weight is 247 g/mol. The van der Waals surface area contributed by atoms with Crippen LogP contribution in [0, 0.1) is 11.8 Å². The van der Waals surface area contributed by atoms with Gasteiger partial charge in [-0.25, -0.2) is 0 Å². The third-order valence-corrected chi connectivity index (χ3v) is 4.15. The molecule has 3 unspecified atom stereocenters. The molecule has 18 heavy (non-hydrogen) atoms. The number of rotatable bonds is 5. The smallest absolute Gasteiger partial charge is 0.0587 e. The fraction of sp³-hybridized carbons (Fsp3) is 0.625. The summed E-state index contributed by atoms with van der Waals surface area (Å²) in [6.07, 6.45) is 5.19. The predicted octanol–water partition coefficient (Wildman–Crippen LogP) is 2.96. The zero-order chi connectivity index (χ0) is 12.8. The quantitative estimate of drug-likeness (QED) is 0.838. The molecule has 0 bridgehead atoms. The molecule has 2 rings (SSSR count). The first kappa shape index (κ1) is 13.6. The number of benzene rings is 1. The van der Waals surface area contributed by atoms with Crippen molar-refractivity contribution in [3.05, 3.63) is 35.9 Å². The Bertz CT molecular complexity index is 338. The van der Waals surface area contributed by atoms with E-state index in [9.17, 15) is 5.11 Å². The number of nitrogens with one attached hydrogen (secondary N) is 1. The van der Waals surface area contributed by atoms with E-state index in [1.807, 2.05) is 6.07 Å². The number of aliphatic hydroxyl groups is 1. The van der Waals surface area contributed by atoms with Gasteiger partial charge >= 0.3 is 0 Å². The predicted molar refractivity (Wildman–Crippen MR) is 75.3 cm³/mol. The topological polar surface area (TPSA) is 32.3 Å². The van der Waals surface area contributed by atoms with Crippen molar-refractivity contribution in [3.8, 4) is 0 Å². The molecule has 1 saturated carbocycles. The van der Waals surface area contributed by atoms with E-state index in [1.54, 1.807) is 0 Å². The highest BCUT2D eigenvalue weighted by Gasteiger charge is 2.25. The van der Waals surface area contributed by atoms with Crippen molar-refractivity contribution >= 4 is 0 Å². The fourth-order valence-electron chi connectivity index (χ4n) is 3.07. The highest BCUT2D eigenvalue weighted by Crippen LogP contribution is 2.30. The SMILES string of the molecule is CC1CCCC(C(CO)NCc2ccccc2)C1. The molecule has 100 valence electrons. The number of hydrogen-bond acceptors (Lipinski definition) is 2. The summed E-state index contributed by atoms with van der Waals surface area (Å²) in [5.41, 5.74) is 1.29. The highest BCUT2D eigenvalue weighted by atomic mass is 16.3. The van der Waals surface area contributed by atoms with Gasteiger partial charge in [0.05, 0.1) is 6.61 Å². The van der Waals surface area contributed by atoms with Crippen molar-refractivity contribution < 1.29 is 5.11 Å². The molecule has 0 heterocycles. The van der Waals surface area contributed by atoms with Gasteiger partial charge in [0.2, 0.25) is 0 Å². The van der Waals surface area contributed by atoms with Gasteiger partial charge in [-0.15, -0.1) is 0 Å². The molecule has 2 nitrogen and oxygen atoms in total. The summed E-state index contributed by atoms with van der Waals surface area (Å²) in [5.74, 6) is 1.46. The van der Waals surface area contributed by atoms with Crippen molar-refractivity contribution in [2.45, 2.75) is 45.2 Å². The van der Waals surface area contributed by atoms with Crippen LogP contribution in [0.4, 0.5) is 0 Å². The normalized spacial score (nSPS) is 25.9. The molecule has 0 radical (unpaired) electrons. The lowest BCUT2D eigenvalue weighted by Gasteiger charge is -2.33. The molecule has 0 saturated heterocycles. The molecule has 0 aromatic heterocycles. The van der Waals surface area contributed by atoms with Gasteiger partial charge in [0.1, 0.15) is 0 Å². The van der Waals surface area contributed by atoms with E-state index >= 15 is 0 Å². The van der Waals surface area contributed by atoms with Gasteiger partial charge in [-0.3, -0.25) is 0 Å². The van der Waals surface area contributed by atoms with Crippen molar-refractivity contribution in [3.63, 3.8) is 0 Å². The summed E-state index contributed by atoms with van der Waals surface area (Å²) in [4.78, 5) is 0. The Morgan fingerprint density at radius 1 is 1.28 bits per heavy atom. The minimum Gasteiger partial charge on any atom is -0.395 e. The molecule has 1 fully saturated rings. The Morgan fingerprint density at radius 2 is 2.06 bits per heavy atom. The van der Waals surface area contributed by atoms with Crippen molar-refractivity contribution in [1.29, 1.82) is 0 Å². The Balaban J connectivity index is 1.85. The first-order chi connectivity index (χ1) is 8.79. The van der Waals surface area contributed by atoms with Crippen LogP contribution in [-0.4, -0.2) is 17.8 Å². The third kappa shape index (κ3) is 3.82. The second-order valence-corrected chi connectivity index (χ2v) is 5.69. The molecule has 1 aromatic carbocycles. The van der Waals surface area contributed by atoms with Gasteiger partial charge < -0.3 is 10.4 Å². The molecule has 1 aromatic rings.